The van der Waals surface area contributed by atoms with E-state index in [0.29, 0.717) is 10.6 Å². The predicted molar refractivity (Wildman–Crippen MR) is 81.4 cm³/mol. The molecule has 0 spiro atoms. The van der Waals surface area contributed by atoms with Gasteiger partial charge in [-0.05, 0) is 24.3 Å². The van der Waals surface area contributed by atoms with Gasteiger partial charge in [-0.3, -0.25) is 4.99 Å². The molecular weight excluding hydrogens is 283 g/mol. The quantitative estimate of drug-likeness (QED) is 0.819. The van der Waals surface area contributed by atoms with Gasteiger partial charge in [-0.15, -0.1) is 0 Å². The van der Waals surface area contributed by atoms with Gasteiger partial charge in [0.2, 0.25) is 0 Å². The van der Waals surface area contributed by atoms with Crippen LogP contribution in [-0.2, 0) is 0 Å². The molecule has 5 heteroatoms. The van der Waals surface area contributed by atoms with Crippen LogP contribution in [-0.4, -0.2) is 18.4 Å². The Labute approximate surface area is 121 Å². The molecule has 0 unspecified atom stereocenters. The normalized spacial score (nSPS) is 10.9. The van der Waals surface area contributed by atoms with Gasteiger partial charge in [-0.2, -0.15) is 0 Å². The summed E-state index contributed by atoms with van der Waals surface area (Å²) in [6.45, 7) is 0. The number of rotatable bonds is 3. The molecule has 2 aromatic carbocycles. The summed E-state index contributed by atoms with van der Waals surface area (Å²) >= 11 is 11.7. The summed E-state index contributed by atoms with van der Waals surface area (Å²) in [5.74, 6) is -0.0308. The van der Waals surface area contributed by atoms with Gasteiger partial charge in [0.25, 0.3) is 0 Å². The third-order valence-electron chi connectivity index (χ3n) is 2.57. The molecule has 0 aliphatic rings. The van der Waals surface area contributed by atoms with E-state index in [1.54, 1.807) is 6.07 Å². The van der Waals surface area contributed by atoms with Crippen molar-refractivity contribution in [1.29, 1.82) is 0 Å². The standard InChI is InChI=1S/C14H12Cl2N2O/c1-17-12-4-2-3-5-13(12)18-8-9-6-10(15)7-11(16)14(9)19/h2-8,17,19H,1H3/b18-8+. The molecule has 0 aromatic heterocycles. The van der Waals surface area contributed by atoms with Crippen molar-refractivity contribution >= 4 is 40.8 Å². The lowest BCUT2D eigenvalue weighted by atomic mass is 10.2. The van der Waals surface area contributed by atoms with Gasteiger partial charge < -0.3 is 10.4 Å². The fraction of sp³-hybridized carbons (Fsp3) is 0.0714. The lowest BCUT2D eigenvalue weighted by molar-refractivity contribution is 0.475. The van der Waals surface area contributed by atoms with Crippen molar-refractivity contribution in [2.45, 2.75) is 0 Å². The first-order valence-corrected chi connectivity index (χ1v) is 6.36. The number of nitrogens with one attached hydrogen (secondary N) is 1. The molecule has 2 N–H and O–H groups in total. The highest BCUT2D eigenvalue weighted by Gasteiger charge is 2.06. The van der Waals surface area contributed by atoms with Crippen LogP contribution in [0.1, 0.15) is 5.56 Å². The number of nitrogens with zero attached hydrogens (tertiary/aromatic N) is 1. The van der Waals surface area contributed by atoms with E-state index < -0.39 is 0 Å². The Morgan fingerprint density at radius 1 is 1.21 bits per heavy atom. The van der Waals surface area contributed by atoms with Gasteiger partial charge >= 0.3 is 0 Å². The molecule has 98 valence electrons. The van der Waals surface area contributed by atoms with Crippen LogP contribution in [0.25, 0.3) is 0 Å². The monoisotopic (exact) mass is 294 g/mol. The Hall–Kier alpha value is -1.71. The number of hydrogen-bond acceptors (Lipinski definition) is 3. The minimum atomic E-state index is -0.0308. The second-order valence-electron chi connectivity index (χ2n) is 3.85. The van der Waals surface area contributed by atoms with Crippen LogP contribution in [0.3, 0.4) is 0 Å². The van der Waals surface area contributed by atoms with E-state index in [-0.39, 0.29) is 10.8 Å². The van der Waals surface area contributed by atoms with Gasteiger partial charge in [0, 0.05) is 23.8 Å². The van der Waals surface area contributed by atoms with Crippen molar-refractivity contribution in [2.75, 3.05) is 12.4 Å². The van der Waals surface area contributed by atoms with E-state index in [1.165, 1.54) is 12.3 Å². The number of halogens is 2. The number of hydrogen-bond donors (Lipinski definition) is 2. The Morgan fingerprint density at radius 2 is 1.95 bits per heavy atom. The summed E-state index contributed by atoms with van der Waals surface area (Å²) in [5.41, 5.74) is 2.13. The topological polar surface area (TPSA) is 44.6 Å². The summed E-state index contributed by atoms with van der Waals surface area (Å²) < 4.78 is 0. The number of para-hydroxylation sites is 2. The lowest BCUT2D eigenvalue weighted by Gasteiger charge is -2.05. The van der Waals surface area contributed by atoms with E-state index in [0.717, 1.165) is 11.4 Å². The number of phenols is 1. The molecular formula is C14H12Cl2N2O. The minimum absolute atomic E-state index is 0.0308. The van der Waals surface area contributed by atoms with E-state index in [9.17, 15) is 5.11 Å². The van der Waals surface area contributed by atoms with Crippen LogP contribution < -0.4 is 5.32 Å². The second-order valence-corrected chi connectivity index (χ2v) is 4.69. The molecule has 0 saturated carbocycles. The van der Waals surface area contributed by atoms with Crippen molar-refractivity contribution in [3.63, 3.8) is 0 Å². The Bertz CT molecular complexity index is 627. The summed E-state index contributed by atoms with van der Waals surface area (Å²) in [5, 5.41) is 13.5. The van der Waals surface area contributed by atoms with Crippen LogP contribution in [0.2, 0.25) is 10.0 Å². The van der Waals surface area contributed by atoms with E-state index in [1.807, 2.05) is 31.3 Å². The van der Waals surface area contributed by atoms with Crippen LogP contribution in [0.4, 0.5) is 11.4 Å². The van der Waals surface area contributed by atoms with Crippen molar-refractivity contribution in [1.82, 2.24) is 0 Å². The number of phenolic OH excluding ortho intramolecular Hbond substituents is 1. The van der Waals surface area contributed by atoms with E-state index >= 15 is 0 Å². The highest BCUT2D eigenvalue weighted by Crippen LogP contribution is 2.31. The number of benzene rings is 2. The summed E-state index contributed by atoms with van der Waals surface area (Å²) in [6, 6.07) is 10.7. The zero-order valence-electron chi connectivity index (χ0n) is 10.2. The molecule has 0 aliphatic carbocycles. The van der Waals surface area contributed by atoms with Crippen molar-refractivity contribution < 1.29 is 5.11 Å². The summed E-state index contributed by atoms with van der Waals surface area (Å²) in [6.07, 6.45) is 1.53. The van der Waals surface area contributed by atoms with Crippen LogP contribution in [0.15, 0.2) is 41.4 Å². The van der Waals surface area contributed by atoms with Gasteiger partial charge in [-0.25, -0.2) is 0 Å². The zero-order valence-corrected chi connectivity index (χ0v) is 11.7. The molecule has 0 radical (unpaired) electrons. The molecule has 0 amide bonds. The molecule has 3 nitrogen and oxygen atoms in total. The third-order valence-corrected chi connectivity index (χ3v) is 3.08. The summed E-state index contributed by atoms with van der Waals surface area (Å²) in [7, 11) is 1.82. The highest BCUT2D eigenvalue weighted by molar-refractivity contribution is 6.36. The molecule has 2 aromatic rings. The van der Waals surface area contributed by atoms with Gasteiger partial charge in [-0.1, -0.05) is 35.3 Å². The third kappa shape index (κ3) is 3.19. The maximum atomic E-state index is 9.83. The van der Waals surface area contributed by atoms with Crippen molar-refractivity contribution in [2.24, 2.45) is 4.99 Å². The first kappa shape index (κ1) is 13.7. The highest BCUT2D eigenvalue weighted by atomic mass is 35.5. The Kier molecular flexibility index (Phi) is 4.30. The fourth-order valence-electron chi connectivity index (χ4n) is 1.62. The van der Waals surface area contributed by atoms with E-state index in [2.05, 4.69) is 10.3 Å². The first-order valence-electron chi connectivity index (χ1n) is 5.60. The molecule has 0 heterocycles. The number of aliphatic imine (C=N–C) groups is 1. The lowest BCUT2D eigenvalue weighted by Crippen LogP contribution is -1.88. The van der Waals surface area contributed by atoms with Gasteiger partial charge in [0.1, 0.15) is 5.75 Å². The van der Waals surface area contributed by atoms with Crippen LogP contribution in [0, 0.1) is 0 Å². The van der Waals surface area contributed by atoms with E-state index in [4.69, 9.17) is 23.2 Å². The average Bonchev–Trinajstić information content (AvgIpc) is 2.41. The molecule has 0 aliphatic heterocycles. The SMILES string of the molecule is CNc1ccccc1/N=C/c1cc(Cl)cc(Cl)c1O. The largest absolute Gasteiger partial charge is 0.506 e. The second kappa shape index (κ2) is 5.95. The Morgan fingerprint density at radius 3 is 2.68 bits per heavy atom. The molecule has 0 atom stereocenters. The summed E-state index contributed by atoms with van der Waals surface area (Å²) in [4.78, 5) is 4.33. The van der Waals surface area contributed by atoms with Crippen molar-refractivity contribution in [3.8, 4) is 5.75 Å². The van der Waals surface area contributed by atoms with Gasteiger partial charge in [0.15, 0.2) is 0 Å². The minimum Gasteiger partial charge on any atom is -0.506 e. The molecule has 0 saturated heterocycles. The number of aromatic hydroxyl groups is 1. The van der Waals surface area contributed by atoms with Crippen LogP contribution in [0.5, 0.6) is 5.75 Å². The Balaban J connectivity index is 2.38. The maximum absolute atomic E-state index is 9.83. The maximum Gasteiger partial charge on any atom is 0.143 e. The molecule has 2 rings (SSSR count). The average molecular weight is 295 g/mol. The fourth-order valence-corrected chi connectivity index (χ4v) is 2.13. The molecule has 0 fully saturated rings. The van der Waals surface area contributed by atoms with Gasteiger partial charge in [0.05, 0.1) is 16.4 Å². The van der Waals surface area contributed by atoms with Crippen molar-refractivity contribution in [3.05, 3.63) is 52.0 Å². The molecule has 19 heavy (non-hydrogen) atoms. The van der Waals surface area contributed by atoms with Crippen LogP contribution >= 0.6 is 23.2 Å². The molecule has 0 bridgehead atoms. The predicted octanol–water partition coefficient (Wildman–Crippen LogP) is 4.49. The zero-order chi connectivity index (χ0) is 13.8. The smallest absolute Gasteiger partial charge is 0.143 e. The number of anilines is 1. The first-order chi connectivity index (χ1) is 9.11.